The molecule has 0 aliphatic carbocycles. The molecule has 8 nitrogen and oxygen atoms in total. The summed E-state index contributed by atoms with van der Waals surface area (Å²) in [4.78, 5) is 24.6. The number of allylic oxidation sites excluding steroid dienone is 1. The van der Waals surface area contributed by atoms with Crippen LogP contribution >= 0.6 is 0 Å². The number of carbonyl (C=O) groups is 2. The van der Waals surface area contributed by atoms with Gasteiger partial charge in [0.15, 0.2) is 23.4 Å². The SMILES string of the molecule is COC(=O)C(C)Oc1cc(C)c2c(c1)O/C(=C\c1cc(OC)c(OC)cc1OC)C2=O. The average molecular weight is 428 g/mol. The van der Waals surface area contributed by atoms with Crippen molar-refractivity contribution >= 4 is 17.8 Å². The van der Waals surface area contributed by atoms with Gasteiger partial charge in [-0.3, -0.25) is 4.79 Å². The number of esters is 1. The van der Waals surface area contributed by atoms with Gasteiger partial charge in [0, 0.05) is 17.7 Å². The predicted molar refractivity (Wildman–Crippen MR) is 112 cm³/mol. The highest BCUT2D eigenvalue weighted by atomic mass is 16.6. The average Bonchev–Trinajstić information content (AvgIpc) is 3.07. The summed E-state index contributed by atoms with van der Waals surface area (Å²) in [6.45, 7) is 3.35. The number of aryl methyl sites for hydroxylation is 1. The Balaban J connectivity index is 1.96. The Bertz CT molecular complexity index is 1050. The molecule has 2 aromatic rings. The fourth-order valence-electron chi connectivity index (χ4n) is 3.27. The minimum Gasteiger partial charge on any atom is -0.496 e. The van der Waals surface area contributed by atoms with Crippen molar-refractivity contribution in [2.24, 2.45) is 0 Å². The molecule has 3 rings (SSSR count). The lowest BCUT2D eigenvalue weighted by Crippen LogP contribution is -2.24. The maximum absolute atomic E-state index is 13.0. The molecule has 1 heterocycles. The second-order valence-electron chi connectivity index (χ2n) is 6.79. The van der Waals surface area contributed by atoms with Crippen LogP contribution in [0.25, 0.3) is 6.08 Å². The van der Waals surface area contributed by atoms with Crippen LogP contribution in [0.3, 0.4) is 0 Å². The fraction of sp³-hybridized carbons (Fsp3) is 0.304. The third-order valence-corrected chi connectivity index (χ3v) is 4.81. The number of hydrogen-bond donors (Lipinski definition) is 0. The topological polar surface area (TPSA) is 89.5 Å². The summed E-state index contributed by atoms with van der Waals surface area (Å²) in [5.74, 6) is 1.58. The second-order valence-corrected chi connectivity index (χ2v) is 6.79. The normalized spacial score (nSPS) is 14.5. The molecule has 8 heteroatoms. The number of carbonyl (C=O) groups excluding carboxylic acids is 2. The van der Waals surface area contributed by atoms with Crippen molar-refractivity contribution in [3.8, 4) is 28.7 Å². The molecule has 1 atom stereocenters. The van der Waals surface area contributed by atoms with Crippen LogP contribution in [-0.4, -0.2) is 46.3 Å². The molecule has 0 aromatic heterocycles. The Labute approximate surface area is 180 Å². The lowest BCUT2D eigenvalue weighted by atomic mass is 10.0. The molecule has 0 bridgehead atoms. The number of ether oxygens (including phenoxy) is 6. The summed E-state index contributed by atoms with van der Waals surface area (Å²) < 4.78 is 32.2. The van der Waals surface area contributed by atoms with Crippen LogP contribution in [0.5, 0.6) is 28.7 Å². The van der Waals surface area contributed by atoms with Crippen LogP contribution in [0.1, 0.15) is 28.4 Å². The first-order valence-corrected chi connectivity index (χ1v) is 9.46. The third-order valence-electron chi connectivity index (χ3n) is 4.81. The van der Waals surface area contributed by atoms with Gasteiger partial charge in [0.05, 0.1) is 34.0 Å². The lowest BCUT2D eigenvalue weighted by Gasteiger charge is -2.13. The monoisotopic (exact) mass is 428 g/mol. The first-order valence-electron chi connectivity index (χ1n) is 9.46. The van der Waals surface area contributed by atoms with E-state index in [0.717, 1.165) is 0 Å². The highest BCUT2D eigenvalue weighted by molar-refractivity contribution is 6.15. The van der Waals surface area contributed by atoms with E-state index in [1.807, 2.05) is 0 Å². The molecule has 0 amide bonds. The smallest absolute Gasteiger partial charge is 0.346 e. The highest BCUT2D eigenvalue weighted by Gasteiger charge is 2.31. The van der Waals surface area contributed by atoms with Crippen LogP contribution in [0.4, 0.5) is 0 Å². The van der Waals surface area contributed by atoms with E-state index in [4.69, 9.17) is 23.7 Å². The zero-order valence-electron chi connectivity index (χ0n) is 18.2. The molecule has 31 heavy (non-hydrogen) atoms. The van der Waals surface area contributed by atoms with E-state index >= 15 is 0 Å². The number of hydrogen-bond acceptors (Lipinski definition) is 8. The molecule has 0 saturated carbocycles. The van der Waals surface area contributed by atoms with Gasteiger partial charge in [0.1, 0.15) is 17.2 Å². The standard InChI is InChI=1S/C23H24O8/c1-12-7-15(30-13(2)23(25)29-6)10-19-21(12)22(24)20(31-19)9-14-8-17(27-4)18(28-5)11-16(14)26-3/h7-11,13H,1-6H3/b20-9-. The van der Waals surface area contributed by atoms with Gasteiger partial charge in [0.25, 0.3) is 0 Å². The van der Waals surface area contributed by atoms with E-state index in [-0.39, 0.29) is 11.5 Å². The van der Waals surface area contributed by atoms with Crippen LogP contribution in [0.2, 0.25) is 0 Å². The van der Waals surface area contributed by atoms with Crippen molar-refractivity contribution in [3.05, 3.63) is 46.7 Å². The van der Waals surface area contributed by atoms with Gasteiger partial charge in [0.2, 0.25) is 5.78 Å². The lowest BCUT2D eigenvalue weighted by molar-refractivity contribution is -0.147. The van der Waals surface area contributed by atoms with Crippen LogP contribution < -0.4 is 23.7 Å². The molecule has 0 spiro atoms. The molecular weight excluding hydrogens is 404 g/mol. The quantitative estimate of drug-likeness (QED) is 0.488. The molecule has 0 radical (unpaired) electrons. The Morgan fingerprint density at radius 1 is 0.968 bits per heavy atom. The van der Waals surface area contributed by atoms with E-state index in [1.54, 1.807) is 44.2 Å². The fourth-order valence-corrected chi connectivity index (χ4v) is 3.27. The molecule has 0 fully saturated rings. The van der Waals surface area contributed by atoms with Gasteiger partial charge in [-0.15, -0.1) is 0 Å². The first kappa shape index (κ1) is 22.0. The molecule has 1 unspecified atom stereocenters. The number of ketones is 1. The van der Waals surface area contributed by atoms with Crippen LogP contribution in [0.15, 0.2) is 30.0 Å². The summed E-state index contributed by atoms with van der Waals surface area (Å²) >= 11 is 0. The minimum absolute atomic E-state index is 0.127. The Morgan fingerprint density at radius 2 is 1.61 bits per heavy atom. The van der Waals surface area contributed by atoms with E-state index in [2.05, 4.69) is 4.74 Å². The number of methoxy groups -OCH3 is 4. The third kappa shape index (κ3) is 4.28. The number of fused-ring (bicyclic) bond motifs is 1. The van der Waals surface area contributed by atoms with Crippen molar-refractivity contribution in [2.75, 3.05) is 28.4 Å². The second kappa shape index (κ2) is 8.99. The Hall–Kier alpha value is -3.68. The zero-order chi connectivity index (χ0) is 22.7. The molecular formula is C23H24O8. The van der Waals surface area contributed by atoms with E-state index < -0.39 is 12.1 Å². The molecule has 2 aromatic carbocycles. The summed E-state index contributed by atoms with van der Waals surface area (Å²) in [6.07, 6.45) is 0.783. The van der Waals surface area contributed by atoms with Crippen LogP contribution in [-0.2, 0) is 9.53 Å². The van der Waals surface area contributed by atoms with Crippen molar-refractivity contribution in [2.45, 2.75) is 20.0 Å². The van der Waals surface area contributed by atoms with Crippen molar-refractivity contribution < 1.29 is 38.0 Å². The van der Waals surface area contributed by atoms with Gasteiger partial charge >= 0.3 is 5.97 Å². The molecule has 1 aliphatic rings. The van der Waals surface area contributed by atoms with E-state index in [1.165, 1.54) is 28.4 Å². The van der Waals surface area contributed by atoms with Gasteiger partial charge in [-0.2, -0.15) is 0 Å². The number of rotatable bonds is 7. The first-order chi connectivity index (χ1) is 14.8. The molecule has 1 aliphatic heterocycles. The van der Waals surface area contributed by atoms with E-state index in [9.17, 15) is 9.59 Å². The summed E-state index contributed by atoms with van der Waals surface area (Å²) in [6, 6.07) is 6.62. The number of benzene rings is 2. The predicted octanol–water partition coefficient (Wildman–Crippen LogP) is 3.58. The largest absolute Gasteiger partial charge is 0.496 e. The Morgan fingerprint density at radius 3 is 2.23 bits per heavy atom. The minimum atomic E-state index is -0.800. The summed E-state index contributed by atoms with van der Waals surface area (Å²) in [5, 5.41) is 0. The van der Waals surface area contributed by atoms with Gasteiger partial charge in [-0.1, -0.05) is 0 Å². The van der Waals surface area contributed by atoms with Crippen molar-refractivity contribution in [1.82, 2.24) is 0 Å². The number of Topliss-reactive ketones (excluding diaryl/α,β-unsaturated/α-hetero) is 1. The maximum Gasteiger partial charge on any atom is 0.346 e. The van der Waals surface area contributed by atoms with Gasteiger partial charge in [-0.05, 0) is 37.6 Å². The maximum atomic E-state index is 13.0. The van der Waals surface area contributed by atoms with E-state index in [0.29, 0.717) is 45.4 Å². The molecule has 0 N–H and O–H groups in total. The molecule has 0 saturated heterocycles. The summed E-state index contributed by atoms with van der Waals surface area (Å²) in [7, 11) is 5.86. The van der Waals surface area contributed by atoms with Crippen molar-refractivity contribution in [1.29, 1.82) is 0 Å². The summed E-state index contributed by atoms with van der Waals surface area (Å²) in [5.41, 5.74) is 1.69. The zero-order valence-corrected chi connectivity index (χ0v) is 18.2. The van der Waals surface area contributed by atoms with Crippen molar-refractivity contribution in [3.63, 3.8) is 0 Å². The van der Waals surface area contributed by atoms with Gasteiger partial charge in [-0.25, -0.2) is 4.79 Å². The molecule has 164 valence electrons. The van der Waals surface area contributed by atoms with Gasteiger partial charge < -0.3 is 28.4 Å². The Kier molecular flexibility index (Phi) is 6.39. The van der Waals surface area contributed by atoms with Crippen LogP contribution in [0, 0.1) is 6.92 Å². The highest BCUT2D eigenvalue weighted by Crippen LogP contribution is 2.40.